The molecule has 0 aliphatic carbocycles. The molecule has 1 atom stereocenters. The van der Waals surface area contributed by atoms with Gasteiger partial charge in [0, 0.05) is 24.6 Å². The number of nitrogens with one attached hydrogen (secondary N) is 1. The van der Waals surface area contributed by atoms with E-state index in [-0.39, 0.29) is 11.9 Å². The minimum atomic E-state index is -0.0537. The fourth-order valence-electron chi connectivity index (χ4n) is 2.23. The van der Waals surface area contributed by atoms with Gasteiger partial charge in [0.1, 0.15) is 0 Å². The monoisotopic (exact) mass is 271 g/mol. The Bertz CT molecular complexity index is 616. The maximum absolute atomic E-state index is 12.4. The Labute approximate surface area is 119 Å². The van der Waals surface area contributed by atoms with Crippen molar-refractivity contribution in [2.24, 2.45) is 7.05 Å². The van der Waals surface area contributed by atoms with Gasteiger partial charge in [-0.25, -0.2) is 0 Å². The number of amides is 1. The van der Waals surface area contributed by atoms with Gasteiger partial charge in [0.05, 0.1) is 17.3 Å². The molecule has 0 saturated heterocycles. The summed E-state index contributed by atoms with van der Waals surface area (Å²) in [5, 5.41) is 3.07. The number of aromatic nitrogens is 2. The van der Waals surface area contributed by atoms with E-state index in [0.717, 1.165) is 29.1 Å². The van der Waals surface area contributed by atoms with Crippen LogP contribution < -0.4 is 5.32 Å². The quantitative estimate of drug-likeness (QED) is 0.929. The van der Waals surface area contributed by atoms with Gasteiger partial charge in [-0.2, -0.15) is 0 Å². The summed E-state index contributed by atoms with van der Waals surface area (Å²) >= 11 is 0. The van der Waals surface area contributed by atoms with Crippen LogP contribution in [0.3, 0.4) is 0 Å². The summed E-state index contributed by atoms with van der Waals surface area (Å²) < 4.78 is 1.95. The lowest BCUT2D eigenvalue weighted by Crippen LogP contribution is -2.29. The molecule has 2 rings (SSSR count). The number of hydrogen-bond donors (Lipinski definition) is 1. The molecule has 106 valence electrons. The zero-order chi connectivity index (χ0) is 14.7. The van der Waals surface area contributed by atoms with Gasteiger partial charge in [-0.05, 0) is 38.5 Å². The first-order chi connectivity index (χ1) is 9.52. The molecule has 0 aliphatic rings. The zero-order valence-electron chi connectivity index (χ0n) is 12.5. The molecule has 20 heavy (non-hydrogen) atoms. The predicted molar refractivity (Wildman–Crippen MR) is 79.6 cm³/mol. The summed E-state index contributed by atoms with van der Waals surface area (Å²) in [5.74, 6) is -0.0433. The second-order valence-electron chi connectivity index (χ2n) is 5.06. The van der Waals surface area contributed by atoms with E-state index in [2.05, 4.69) is 10.3 Å². The van der Waals surface area contributed by atoms with Crippen molar-refractivity contribution in [2.75, 3.05) is 0 Å². The van der Waals surface area contributed by atoms with E-state index in [9.17, 15) is 4.79 Å². The molecule has 0 saturated carbocycles. The summed E-state index contributed by atoms with van der Waals surface area (Å²) in [6.07, 6.45) is 2.71. The standard InChI is InChI=1S/C16H21N3O/c1-5-14(15-8-6-7-11(2)17-15)18-16(20)13-9-10-19(4)12(13)3/h6-10,14H,5H2,1-4H3,(H,18,20)/t14-/m1/s1. The van der Waals surface area contributed by atoms with E-state index < -0.39 is 0 Å². The summed E-state index contributed by atoms with van der Waals surface area (Å²) in [6.45, 7) is 5.95. The van der Waals surface area contributed by atoms with Crippen LogP contribution in [0.4, 0.5) is 0 Å². The number of carbonyl (C=O) groups excluding carboxylic acids is 1. The molecule has 0 aliphatic heterocycles. The SMILES string of the molecule is CC[C@@H](NC(=O)c1ccn(C)c1C)c1cccc(C)n1. The number of hydrogen-bond acceptors (Lipinski definition) is 2. The van der Waals surface area contributed by atoms with Crippen LogP contribution in [0.25, 0.3) is 0 Å². The maximum Gasteiger partial charge on any atom is 0.253 e. The molecule has 2 aromatic heterocycles. The van der Waals surface area contributed by atoms with Crippen molar-refractivity contribution < 1.29 is 4.79 Å². The third kappa shape index (κ3) is 2.90. The molecule has 0 aromatic carbocycles. The van der Waals surface area contributed by atoms with Crippen molar-refractivity contribution in [2.45, 2.75) is 33.2 Å². The van der Waals surface area contributed by atoms with Crippen molar-refractivity contribution in [3.8, 4) is 0 Å². The number of pyridine rings is 1. The van der Waals surface area contributed by atoms with Crippen LogP contribution in [-0.4, -0.2) is 15.5 Å². The molecule has 0 unspecified atom stereocenters. The molecule has 1 amide bonds. The minimum Gasteiger partial charge on any atom is -0.354 e. The van der Waals surface area contributed by atoms with Crippen LogP contribution >= 0.6 is 0 Å². The summed E-state index contributed by atoms with van der Waals surface area (Å²) in [4.78, 5) is 16.9. The van der Waals surface area contributed by atoms with Crippen LogP contribution in [-0.2, 0) is 7.05 Å². The Morgan fingerprint density at radius 1 is 1.35 bits per heavy atom. The molecule has 0 radical (unpaired) electrons. The Morgan fingerprint density at radius 3 is 2.65 bits per heavy atom. The molecular formula is C16H21N3O. The summed E-state index contributed by atoms with van der Waals surface area (Å²) in [6, 6.07) is 7.68. The van der Waals surface area contributed by atoms with Gasteiger partial charge in [0.15, 0.2) is 0 Å². The van der Waals surface area contributed by atoms with Crippen molar-refractivity contribution >= 4 is 5.91 Å². The van der Waals surface area contributed by atoms with Gasteiger partial charge in [0.2, 0.25) is 0 Å². The second-order valence-corrected chi connectivity index (χ2v) is 5.06. The van der Waals surface area contributed by atoms with Gasteiger partial charge >= 0.3 is 0 Å². The molecule has 2 aromatic rings. The zero-order valence-corrected chi connectivity index (χ0v) is 12.5. The van der Waals surface area contributed by atoms with E-state index in [1.54, 1.807) is 0 Å². The smallest absolute Gasteiger partial charge is 0.253 e. The molecular weight excluding hydrogens is 250 g/mol. The highest BCUT2D eigenvalue weighted by molar-refractivity contribution is 5.95. The average molecular weight is 271 g/mol. The van der Waals surface area contributed by atoms with Gasteiger partial charge in [-0.15, -0.1) is 0 Å². The lowest BCUT2D eigenvalue weighted by Gasteiger charge is -2.17. The molecule has 4 heteroatoms. The lowest BCUT2D eigenvalue weighted by molar-refractivity contribution is 0.0934. The third-order valence-corrected chi connectivity index (χ3v) is 3.61. The first-order valence-corrected chi connectivity index (χ1v) is 6.89. The largest absolute Gasteiger partial charge is 0.354 e. The van der Waals surface area contributed by atoms with Crippen LogP contribution in [0.15, 0.2) is 30.5 Å². The van der Waals surface area contributed by atoms with Crippen molar-refractivity contribution in [1.29, 1.82) is 0 Å². The highest BCUT2D eigenvalue weighted by Crippen LogP contribution is 2.16. The van der Waals surface area contributed by atoms with Crippen molar-refractivity contribution in [3.63, 3.8) is 0 Å². The van der Waals surface area contributed by atoms with Gasteiger partial charge < -0.3 is 9.88 Å². The van der Waals surface area contributed by atoms with E-state index in [0.29, 0.717) is 0 Å². The number of aryl methyl sites for hydroxylation is 2. The van der Waals surface area contributed by atoms with E-state index >= 15 is 0 Å². The van der Waals surface area contributed by atoms with Crippen LogP contribution in [0.5, 0.6) is 0 Å². The summed E-state index contributed by atoms with van der Waals surface area (Å²) in [7, 11) is 1.94. The van der Waals surface area contributed by atoms with Gasteiger partial charge in [0.25, 0.3) is 5.91 Å². The topological polar surface area (TPSA) is 46.9 Å². The van der Waals surface area contributed by atoms with Gasteiger partial charge in [-0.3, -0.25) is 9.78 Å². The third-order valence-electron chi connectivity index (χ3n) is 3.61. The van der Waals surface area contributed by atoms with Crippen molar-refractivity contribution in [1.82, 2.24) is 14.9 Å². The Morgan fingerprint density at radius 2 is 2.10 bits per heavy atom. The molecule has 2 heterocycles. The molecule has 0 spiro atoms. The van der Waals surface area contributed by atoms with E-state index in [1.165, 1.54) is 0 Å². The number of carbonyl (C=O) groups is 1. The molecule has 0 fully saturated rings. The highest BCUT2D eigenvalue weighted by Gasteiger charge is 2.17. The number of rotatable bonds is 4. The molecule has 4 nitrogen and oxygen atoms in total. The first kappa shape index (κ1) is 14.3. The second kappa shape index (κ2) is 5.90. The lowest BCUT2D eigenvalue weighted by atomic mass is 10.1. The van der Waals surface area contributed by atoms with E-state index in [1.807, 2.05) is 62.8 Å². The predicted octanol–water partition coefficient (Wildman–Crippen LogP) is 2.92. The minimum absolute atomic E-state index is 0.0433. The first-order valence-electron chi connectivity index (χ1n) is 6.89. The molecule has 1 N–H and O–H groups in total. The van der Waals surface area contributed by atoms with E-state index in [4.69, 9.17) is 0 Å². The van der Waals surface area contributed by atoms with Gasteiger partial charge in [-0.1, -0.05) is 13.0 Å². The normalized spacial score (nSPS) is 12.2. The molecule has 0 bridgehead atoms. The van der Waals surface area contributed by atoms with Crippen LogP contribution in [0.2, 0.25) is 0 Å². The average Bonchev–Trinajstić information content (AvgIpc) is 2.76. The van der Waals surface area contributed by atoms with Crippen LogP contribution in [0.1, 0.15) is 46.8 Å². The Hall–Kier alpha value is -2.10. The van der Waals surface area contributed by atoms with Crippen LogP contribution in [0, 0.1) is 13.8 Å². The Kier molecular flexibility index (Phi) is 4.23. The highest BCUT2D eigenvalue weighted by atomic mass is 16.1. The fourth-order valence-corrected chi connectivity index (χ4v) is 2.23. The fraction of sp³-hybridized carbons (Fsp3) is 0.375. The Balaban J connectivity index is 2.18. The maximum atomic E-state index is 12.4. The number of nitrogens with zero attached hydrogens (tertiary/aromatic N) is 2. The summed E-state index contributed by atoms with van der Waals surface area (Å²) in [5.41, 5.74) is 3.56. The van der Waals surface area contributed by atoms with Crippen molar-refractivity contribution in [3.05, 3.63) is 53.1 Å².